The summed E-state index contributed by atoms with van der Waals surface area (Å²) in [6, 6.07) is 7.52. The molecule has 0 saturated carbocycles. The lowest BCUT2D eigenvalue weighted by Gasteiger charge is -2.28. The van der Waals surface area contributed by atoms with Gasteiger partial charge in [0.1, 0.15) is 18.1 Å². The molecule has 0 aliphatic rings. The lowest BCUT2D eigenvalue weighted by atomic mass is 10.1. The highest BCUT2D eigenvalue weighted by atomic mass is 16.5. The van der Waals surface area contributed by atoms with E-state index in [1.807, 2.05) is 38.1 Å². The smallest absolute Gasteiger partial charge is 0.119 e. The van der Waals surface area contributed by atoms with Gasteiger partial charge in [0.05, 0.1) is 18.8 Å². The van der Waals surface area contributed by atoms with E-state index in [1.54, 1.807) is 0 Å². The molecule has 0 bridgehead atoms. The van der Waals surface area contributed by atoms with E-state index in [2.05, 4.69) is 12.2 Å². The summed E-state index contributed by atoms with van der Waals surface area (Å²) in [5, 5.41) is 12.7. The Morgan fingerprint density at radius 1 is 1.11 bits per heavy atom. The van der Waals surface area contributed by atoms with Gasteiger partial charge in [0, 0.05) is 0 Å². The Hall–Kier alpha value is -1.26. The van der Waals surface area contributed by atoms with Crippen LogP contribution in [-0.2, 0) is 0 Å². The minimum absolute atomic E-state index is 0.0457. The van der Waals surface area contributed by atoms with Crippen LogP contribution in [0.3, 0.4) is 0 Å². The Labute approximate surface area is 115 Å². The number of aliphatic hydroxyl groups excluding tert-OH is 1. The summed E-state index contributed by atoms with van der Waals surface area (Å²) < 4.78 is 11.1. The molecule has 1 atom stereocenters. The van der Waals surface area contributed by atoms with Gasteiger partial charge in [0.25, 0.3) is 0 Å². The third-order valence-corrected chi connectivity index (χ3v) is 2.84. The molecule has 0 heterocycles. The molecule has 4 nitrogen and oxygen atoms in total. The van der Waals surface area contributed by atoms with Crippen molar-refractivity contribution in [3.63, 3.8) is 0 Å². The van der Waals surface area contributed by atoms with Gasteiger partial charge in [-0.05, 0) is 51.1 Å². The van der Waals surface area contributed by atoms with E-state index in [4.69, 9.17) is 9.47 Å². The number of aliphatic hydroxyl groups is 1. The average Bonchev–Trinajstić information content (AvgIpc) is 2.45. The molecule has 0 fully saturated rings. The molecule has 108 valence electrons. The van der Waals surface area contributed by atoms with E-state index in [0.717, 1.165) is 24.5 Å². The summed E-state index contributed by atoms with van der Waals surface area (Å²) in [6.07, 6.45) is 1.03. The molecule has 0 spiro atoms. The fraction of sp³-hybridized carbons (Fsp3) is 0.600. The first kappa shape index (κ1) is 15.8. The highest BCUT2D eigenvalue weighted by molar-refractivity contribution is 5.31. The van der Waals surface area contributed by atoms with Gasteiger partial charge >= 0.3 is 0 Å². The van der Waals surface area contributed by atoms with Crippen molar-refractivity contribution in [2.45, 2.75) is 32.7 Å². The van der Waals surface area contributed by atoms with Gasteiger partial charge < -0.3 is 19.9 Å². The van der Waals surface area contributed by atoms with E-state index in [9.17, 15) is 5.11 Å². The minimum atomic E-state index is -0.408. The lowest BCUT2D eigenvalue weighted by molar-refractivity contribution is 0.116. The summed E-state index contributed by atoms with van der Waals surface area (Å²) in [5.74, 6) is 1.62. The predicted molar refractivity (Wildman–Crippen MR) is 76.9 cm³/mol. The van der Waals surface area contributed by atoms with Crippen LogP contribution in [0.25, 0.3) is 0 Å². The Balaban J connectivity index is 2.49. The largest absolute Gasteiger partial charge is 0.494 e. The van der Waals surface area contributed by atoms with Crippen molar-refractivity contribution in [2.24, 2.45) is 0 Å². The molecule has 1 rings (SSSR count). The van der Waals surface area contributed by atoms with Gasteiger partial charge in [-0.2, -0.15) is 0 Å². The van der Waals surface area contributed by atoms with Crippen molar-refractivity contribution in [2.75, 3.05) is 26.4 Å². The number of hydrogen-bond donors (Lipinski definition) is 2. The Kier molecular flexibility index (Phi) is 6.67. The molecule has 0 aliphatic heterocycles. The molecule has 4 heteroatoms. The molecule has 0 amide bonds. The Bertz CT molecular complexity index is 353. The molecule has 0 saturated heterocycles. The predicted octanol–water partition coefficient (Wildman–Crippen LogP) is 2.21. The molecular weight excluding hydrogens is 242 g/mol. The van der Waals surface area contributed by atoms with Crippen LogP contribution in [0.2, 0.25) is 0 Å². The molecule has 0 radical (unpaired) electrons. The van der Waals surface area contributed by atoms with Crippen LogP contribution in [0, 0.1) is 0 Å². The summed E-state index contributed by atoms with van der Waals surface area (Å²) >= 11 is 0. The molecule has 0 aromatic heterocycles. The van der Waals surface area contributed by atoms with Crippen molar-refractivity contribution in [3.05, 3.63) is 24.3 Å². The van der Waals surface area contributed by atoms with E-state index in [0.29, 0.717) is 13.2 Å². The molecular formula is C15H25NO3. The number of nitrogens with one attached hydrogen (secondary N) is 1. The molecule has 1 aromatic carbocycles. The van der Waals surface area contributed by atoms with E-state index >= 15 is 0 Å². The van der Waals surface area contributed by atoms with Crippen molar-refractivity contribution >= 4 is 0 Å². The summed E-state index contributed by atoms with van der Waals surface area (Å²) in [7, 11) is 0. The zero-order chi connectivity index (χ0) is 14.1. The molecule has 2 N–H and O–H groups in total. The van der Waals surface area contributed by atoms with Gasteiger partial charge in [-0.15, -0.1) is 0 Å². The normalized spacial score (nSPS) is 13.9. The van der Waals surface area contributed by atoms with Gasteiger partial charge in [-0.1, -0.05) is 6.92 Å². The van der Waals surface area contributed by atoms with Crippen molar-refractivity contribution in [3.8, 4) is 11.5 Å². The highest BCUT2D eigenvalue weighted by Gasteiger charge is 2.23. The SMILES string of the molecule is CCCNC(C)(CO)COc1ccc(OCC)cc1. The summed E-state index contributed by atoms with van der Waals surface area (Å²) in [5.41, 5.74) is -0.408. The molecule has 1 aromatic rings. The number of ether oxygens (including phenoxy) is 2. The zero-order valence-electron chi connectivity index (χ0n) is 12.1. The first-order valence-corrected chi connectivity index (χ1v) is 6.85. The van der Waals surface area contributed by atoms with Crippen molar-refractivity contribution in [1.29, 1.82) is 0 Å². The second-order valence-electron chi connectivity index (χ2n) is 4.84. The second kappa shape index (κ2) is 8.02. The fourth-order valence-corrected chi connectivity index (χ4v) is 1.62. The maximum Gasteiger partial charge on any atom is 0.119 e. The summed E-state index contributed by atoms with van der Waals surface area (Å²) in [6.45, 7) is 8.00. The molecule has 19 heavy (non-hydrogen) atoms. The average molecular weight is 267 g/mol. The summed E-state index contributed by atoms with van der Waals surface area (Å²) in [4.78, 5) is 0. The van der Waals surface area contributed by atoms with Crippen LogP contribution in [0.5, 0.6) is 11.5 Å². The van der Waals surface area contributed by atoms with Gasteiger partial charge in [0.15, 0.2) is 0 Å². The highest BCUT2D eigenvalue weighted by Crippen LogP contribution is 2.18. The van der Waals surface area contributed by atoms with Crippen LogP contribution >= 0.6 is 0 Å². The fourth-order valence-electron chi connectivity index (χ4n) is 1.62. The molecule has 1 unspecified atom stereocenters. The van der Waals surface area contributed by atoms with E-state index < -0.39 is 5.54 Å². The molecule has 0 aliphatic carbocycles. The Morgan fingerprint density at radius 3 is 2.16 bits per heavy atom. The maximum atomic E-state index is 9.44. The number of hydrogen-bond acceptors (Lipinski definition) is 4. The quantitative estimate of drug-likeness (QED) is 0.720. The zero-order valence-corrected chi connectivity index (χ0v) is 12.1. The minimum Gasteiger partial charge on any atom is -0.494 e. The first-order valence-electron chi connectivity index (χ1n) is 6.85. The topological polar surface area (TPSA) is 50.7 Å². The lowest BCUT2D eigenvalue weighted by Crippen LogP contribution is -2.50. The van der Waals surface area contributed by atoms with E-state index in [1.165, 1.54) is 0 Å². The Morgan fingerprint density at radius 2 is 1.68 bits per heavy atom. The van der Waals surface area contributed by atoms with Gasteiger partial charge in [0.2, 0.25) is 0 Å². The number of benzene rings is 1. The third-order valence-electron chi connectivity index (χ3n) is 2.84. The van der Waals surface area contributed by atoms with Gasteiger partial charge in [-0.25, -0.2) is 0 Å². The maximum absolute atomic E-state index is 9.44. The van der Waals surface area contributed by atoms with Crippen LogP contribution < -0.4 is 14.8 Å². The second-order valence-corrected chi connectivity index (χ2v) is 4.84. The third kappa shape index (κ3) is 5.49. The van der Waals surface area contributed by atoms with E-state index in [-0.39, 0.29) is 6.61 Å². The monoisotopic (exact) mass is 267 g/mol. The number of rotatable bonds is 9. The van der Waals surface area contributed by atoms with Crippen LogP contribution in [-0.4, -0.2) is 37.0 Å². The van der Waals surface area contributed by atoms with Crippen molar-refractivity contribution < 1.29 is 14.6 Å². The van der Waals surface area contributed by atoms with Crippen LogP contribution in [0.15, 0.2) is 24.3 Å². The first-order chi connectivity index (χ1) is 9.13. The van der Waals surface area contributed by atoms with Crippen molar-refractivity contribution in [1.82, 2.24) is 5.32 Å². The van der Waals surface area contributed by atoms with Crippen LogP contribution in [0.1, 0.15) is 27.2 Å². The standard InChI is InChI=1S/C15H25NO3/c1-4-10-16-15(3,11-17)12-19-14-8-6-13(7-9-14)18-5-2/h6-9,16-17H,4-5,10-12H2,1-3H3. The van der Waals surface area contributed by atoms with Crippen LogP contribution in [0.4, 0.5) is 0 Å². The van der Waals surface area contributed by atoms with Gasteiger partial charge in [-0.3, -0.25) is 0 Å².